The highest BCUT2D eigenvalue weighted by molar-refractivity contribution is 9.10. The molecule has 21 heavy (non-hydrogen) atoms. The summed E-state index contributed by atoms with van der Waals surface area (Å²) in [7, 11) is 0. The van der Waals surface area contributed by atoms with Gasteiger partial charge in [-0.15, -0.1) is 0 Å². The summed E-state index contributed by atoms with van der Waals surface area (Å²) < 4.78 is 2.07. The molecule has 0 aliphatic rings. The van der Waals surface area contributed by atoms with E-state index >= 15 is 0 Å². The van der Waals surface area contributed by atoms with Crippen molar-refractivity contribution in [2.75, 3.05) is 0 Å². The van der Waals surface area contributed by atoms with Crippen LogP contribution in [0.5, 0.6) is 0 Å². The summed E-state index contributed by atoms with van der Waals surface area (Å²) in [4.78, 5) is 26.5. The van der Waals surface area contributed by atoms with Gasteiger partial charge in [-0.1, -0.05) is 11.6 Å². The topological polar surface area (TPSA) is 78.0 Å². The van der Waals surface area contributed by atoms with Gasteiger partial charge in [0.15, 0.2) is 0 Å². The Labute approximate surface area is 133 Å². The van der Waals surface area contributed by atoms with Gasteiger partial charge in [0.25, 0.3) is 5.69 Å². The highest BCUT2D eigenvalue weighted by Gasteiger charge is 2.17. The molecular formula is C13H11BrClN3O3. The smallest absolute Gasteiger partial charge is 0.291 e. The molecule has 0 atom stereocenters. The highest BCUT2D eigenvalue weighted by atomic mass is 79.9. The van der Waals surface area contributed by atoms with E-state index in [0.29, 0.717) is 26.4 Å². The fourth-order valence-corrected chi connectivity index (χ4v) is 2.49. The first-order valence-corrected chi connectivity index (χ1v) is 7.14. The minimum Gasteiger partial charge on any atom is -0.291 e. The zero-order chi connectivity index (χ0) is 15.7. The van der Waals surface area contributed by atoms with Crippen molar-refractivity contribution < 1.29 is 4.92 Å². The molecule has 0 unspecified atom stereocenters. The Hall–Kier alpha value is -1.73. The van der Waals surface area contributed by atoms with Crippen LogP contribution in [0.3, 0.4) is 0 Å². The van der Waals surface area contributed by atoms with Crippen molar-refractivity contribution in [2.45, 2.75) is 20.4 Å². The van der Waals surface area contributed by atoms with E-state index in [1.165, 1.54) is 22.8 Å². The number of nitro groups is 1. The highest BCUT2D eigenvalue weighted by Crippen LogP contribution is 2.24. The maximum atomic E-state index is 12.0. The monoisotopic (exact) mass is 371 g/mol. The average molecular weight is 373 g/mol. The first kappa shape index (κ1) is 15.7. The maximum Gasteiger partial charge on any atom is 0.348 e. The quantitative estimate of drug-likeness (QED) is 0.612. The summed E-state index contributed by atoms with van der Waals surface area (Å²) >= 11 is 9.25. The van der Waals surface area contributed by atoms with Crippen LogP contribution in [-0.4, -0.2) is 14.5 Å². The second-order valence-electron chi connectivity index (χ2n) is 4.50. The number of nitrogens with zero attached hydrogens (tertiary/aromatic N) is 3. The Bertz CT molecular complexity index is 789. The van der Waals surface area contributed by atoms with Gasteiger partial charge in [-0.25, -0.2) is 4.79 Å². The summed E-state index contributed by atoms with van der Waals surface area (Å²) in [6.45, 7) is 3.49. The van der Waals surface area contributed by atoms with Gasteiger partial charge < -0.3 is 0 Å². The van der Waals surface area contributed by atoms with E-state index in [9.17, 15) is 14.9 Å². The molecule has 0 fully saturated rings. The number of rotatable bonds is 3. The van der Waals surface area contributed by atoms with Crippen LogP contribution in [-0.2, 0) is 6.54 Å². The lowest BCUT2D eigenvalue weighted by molar-refractivity contribution is -0.385. The standard InChI is InChI=1S/C13H11BrClN3O3/c1-7-12(14)8(2)17(13(19)16-7)6-9-5-10(15)3-4-11(9)18(20)21/h3-5H,6H2,1-2H3. The molecule has 110 valence electrons. The first-order valence-electron chi connectivity index (χ1n) is 5.97. The van der Waals surface area contributed by atoms with Gasteiger partial charge in [-0.3, -0.25) is 14.7 Å². The Balaban J connectivity index is 2.58. The van der Waals surface area contributed by atoms with Crippen molar-refractivity contribution >= 4 is 33.2 Å². The molecule has 0 saturated carbocycles. The zero-order valence-electron chi connectivity index (χ0n) is 11.3. The fourth-order valence-electron chi connectivity index (χ4n) is 1.99. The number of aryl methyl sites for hydroxylation is 1. The van der Waals surface area contributed by atoms with Crippen molar-refractivity contribution in [3.8, 4) is 0 Å². The van der Waals surface area contributed by atoms with Gasteiger partial charge >= 0.3 is 5.69 Å². The summed E-state index contributed by atoms with van der Waals surface area (Å²) in [6.07, 6.45) is 0. The molecule has 2 rings (SSSR count). The van der Waals surface area contributed by atoms with Crippen LogP contribution in [0, 0.1) is 24.0 Å². The number of aromatic nitrogens is 2. The van der Waals surface area contributed by atoms with E-state index < -0.39 is 10.6 Å². The van der Waals surface area contributed by atoms with Crippen molar-refractivity contribution in [2.24, 2.45) is 0 Å². The van der Waals surface area contributed by atoms with E-state index in [1.54, 1.807) is 13.8 Å². The molecular weight excluding hydrogens is 362 g/mol. The van der Waals surface area contributed by atoms with Crippen LogP contribution in [0.2, 0.25) is 5.02 Å². The minimum absolute atomic E-state index is 0.0351. The predicted octanol–water partition coefficient (Wildman–Crippen LogP) is 3.23. The number of benzene rings is 1. The second kappa shape index (κ2) is 5.95. The van der Waals surface area contributed by atoms with E-state index in [2.05, 4.69) is 20.9 Å². The van der Waals surface area contributed by atoms with Crippen molar-refractivity contribution in [1.29, 1.82) is 0 Å². The lowest BCUT2D eigenvalue weighted by Crippen LogP contribution is -2.27. The number of hydrogen-bond acceptors (Lipinski definition) is 4. The van der Waals surface area contributed by atoms with E-state index in [1.807, 2.05) is 0 Å². The summed E-state index contributed by atoms with van der Waals surface area (Å²) in [6, 6.07) is 4.26. The molecule has 0 bridgehead atoms. The molecule has 8 heteroatoms. The van der Waals surface area contributed by atoms with Gasteiger partial charge in [0.05, 0.1) is 27.2 Å². The van der Waals surface area contributed by atoms with Gasteiger partial charge in [0.2, 0.25) is 0 Å². The van der Waals surface area contributed by atoms with E-state index in [-0.39, 0.29) is 12.2 Å². The Kier molecular flexibility index (Phi) is 4.43. The van der Waals surface area contributed by atoms with Crippen LogP contribution in [0.1, 0.15) is 17.0 Å². The van der Waals surface area contributed by atoms with Crippen LogP contribution >= 0.6 is 27.5 Å². The van der Waals surface area contributed by atoms with Crippen molar-refractivity contribution in [1.82, 2.24) is 9.55 Å². The minimum atomic E-state index is -0.497. The molecule has 0 aliphatic heterocycles. The van der Waals surface area contributed by atoms with Crippen LogP contribution < -0.4 is 5.69 Å². The Morgan fingerprint density at radius 3 is 2.71 bits per heavy atom. The van der Waals surface area contributed by atoms with Gasteiger partial charge in [0, 0.05) is 16.8 Å². The largest absolute Gasteiger partial charge is 0.348 e. The summed E-state index contributed by atoms with van der Waals surface area (Å²) in [5.74, 6) is 0. The lowest BCUT2D eigenvalue weighted by Gasteiger charge is -2.12. The van der Waals surface area contributed by atoms with Gasteiger partial charge in [0.1, 0.15) is 0 Å². The van der Waals surface area contributed by atoms with Crippen LogP contribution in [0.15, 0.2) is 27.5 Å². The van der Waals surface area contributed by atoms with Crippen molar-refractivity contribution in [3.63, 3.8) is 0 Å². The Morgan fingerprint density at radius 2 is 2.10 bits per heavy atom. The van der Waals surface area contributed by atoms with E-state index in [4.69, 9.17) is 11.6 Å². The third-order valence-electron chi connectivity index (χ3n) is 3.10. The SMILES string of the molecule is Cc1nc(=O)n(Cc2cc(Cl)ccc2[N+](=O)[O-])c(C)c1Br. The molecule has 6 nitrogen and oxygen atoms in total. The van der Waals surface area contributed by atoms with Gasteiger partial charge in [-0.05, 0) is 41.9 Å². The van der Waals surface area contributed by atoms with E-state index in [0.717, 1.165) is 0 Å². The molecule has 2 aromatic rings. The average Bonchev–Trinajstić information content (AvgIpc) is 2.41. The summed E-state index contributed by atoms with van der Waals surface area (Å²) in [5.41, 5.74) is 1.05. The molecule has 0 radical (unpaired) electrons. The van der Waals surface area contributed by atoms with Crippen LogP contribution in [0.4, 0.5) is 5.69 Å². The lowest BCUT2D eigenvalue weighted by atomic mass is 10.1. The van der Waals surface area contributed by atoms with Crippen LogP contribution in [0.25, 0.3) is 0 Å². The molecule has 0 N–H and O–H groups in total. The molecule has 1 heterocycles. The molecule has 0 saturated heterocycles. The molecule has 0 spiro atoms. The molecule has 0 amide bonds. The fraction of sp³-hybridized carbons (Fsp3) is 0.231. The Morgan fingerprint density at radius 1 is 1.43 bits per heavy atom. The third-order valence-corrected chi connectivity index (χ3v) is 4.48. The summed E-state index contributed by atoms with van der Waals surface area (Å²) in [5, 5.41) is 11.4. The zero-order valence-corrected chi connectivity index (χ0v) is 13.6. The second-order valence-corrected chi connectivity index (χ2v) is 5.72. The normalized spacial score (nSPS) is 10.7. The predicted molar refractivity (Wildman–Crippen MR) is 82.9 cm³/mol. The number of nitro benzene ring substituents is 1. The molecule has 1 aromatic carbocycles. The van der Waals surface area contributed by atoms with Gasteiger partial charge in [-0.2, -0.15) is 4.98 Å². The number of halogens is 2. The van der Waals surface area contributed by atoms with Crippen molar-refractivity contribution in [3.05, 3.63) is 65.2 Å². The third kappa shape index (κ3) is 3.14. The maximum absolute atomic E-state index is 12.0. The molecule has 1 aromatic heterocycles. The first-order chi connectivity index (χ1) is 9.81. The number of hydrogen-bond donors (Lipinski definition) is 0. The molecule has 0 aliphatic carbocycles.